The predicted octanol–water partition coefficient (Wildman–Crippen LogP) is 1.29. The Balaban J connectivity index is 1.81. The zero-order chi connectivity index (χ0) is 15.1. The molecule has 0 aromatic heterocycles. The van der Waals surface area contributed by atoms with Crippen LogP contribution in [0.1, 0.15) is 37.7 Å². The van der Waals surface area contributed by atoms with Crippen molar-refractivity contribution < 1.29 is 14.7 Å². The summed E-state index contributed by atoms with van der Waals surface area (Å²) in [6.07, 6.45) is 6.47. The van der Waals surface area contributed by atoms with Crippen LogP contribution >= 0.6 is 0 Å². The molecule has 3 N–H and O–H groups in total. The van der Waals surface area contributed by atoms with Gasteiger partial charge in [-0.2, -0.15) is 5.10 Å². The molecule has 2 amide bonds. The zero-order valence-corrected chi connectivity index (χ0v) is 11.7. The summed E-state index contributed by atoms with van der Waals surface area (Å²) < 4.78 is 0. The first-order valence-corrected chi connectivity index (χ1v) is 7.08. The van der Waals surface area contributed by atoms with Crippen LogP contribution in [0.15, 0.2) is 29.4 Å². The number of hydrogen-bond donors (Lipinski definition) is 3. The third-order valence-electron chi connectivity index (χ3n) is 3.45. The van der Waals surface area contributed by atoms with Crippen molar-refractivity contribution in [3.8, 4) is 5.75 Å². The topological polar surface area (TPSA) is 90.8 Å². The summed E-state index contributed by atoms with van der Waals surface area (Å²) in [6.45, 7) is 0. The Morgan fingerprint density at radius 1 is 1.14 bits per heavy atom. The van der Waals surface area contributed by atoms with Crippen LogP contribution in [0.5, 0.6) is 5.75 Å². The van der Waals surface area contributed by atoms with Crippen LogP contribution < -0.4 is 10.7 Å². The quantitative estimate of drug-likeness (QED) is 0.445. The van der Waals surface area contributed by atoms with Crippen molar-refractivity contribution >= 4 is 18.0 Å². The van der Waals surface area contributed by atoms with Crippen LogP contribution in [0, 0.1) is 0 Å². The van der Waals surface area contributed by atoms with E-state index in [1.54, 1.807) is 18.2 Å². The first-order valence-electron chi connectivity index (χ1n) is 7.08. The molecule has 6 nitrogen and oxygen atoms in total. The minimum Gasteiger partial charge on any atom is -0.507 e. The molecule has 1 saturated carbocycles. The predicted molar refractivity (Wildman–Crippen MR) is 78.9 cm³/mol. The maximum Gasteiger partial charge on any atom is 0.329 e. The van der Waals surface area contributed by atoms with Gasteiger partial charge >= 0.3 is 11.8 Å². The molecule has 2 rings (SSSR count). The molecule has 1 aliphatic rings. The lowest BCUT2D eigenvalue weighted by atomic mass is 9.95. The highest BCUT2D eigenvalue weighted by Crippen LogP contribution is 2.17. The van der Waals surface area contributed by atoms with E-state index in [1.165, 1.54) is 18.7 Å². The summed E-state index contributed by atoms with van der Waals surface area (Å²) >= 11 is 0. The van der Waals surface area contributed by atoms with Gasteiger partial charge in [0.2, 0.25) is 0 Å². The van der Waals surface area contributed by atoms with Crippen molar-refractivity contribution in [2.45, 2.75) is 38.1 Å². The molecule has 6 heteroatoms. The standard InChI is InChI=1S/C15H19N3O3/c19-13-9-5-4-6-11(13)10-16-18-15(21)14(20)17-12-7-2-1-3-8-12/h4-6,9-10,12,19H,1-3,7-8H2,(H,17,20)(H,18,21). The largest absolute Gasteiger partial charge is 0.507 e. The van der Waals surface area contributed by atoms with Gasteiger partial charge in [-0.25, -0.2) is 5.43 Å². The molecule has 1 aromatic carbocycles. The summed E-state index contributed by atoms with van der Waals surface area (Å²) in [6, 6.07) is 6.66. The number of aromatic hydroxyl groups is 1. The summed E-state index contributed by atoms with van der Waals surface area (Å²) in [4.78, 5) is 23.3. The molecule has 0 bridgehead atoms. The highest BCUT2D eigenvalue weighted by Gasteiger charge is 2.19. The molecule has 0 atom stereocenters. The molecule has 0 saturated heterocycles. The van der Waals surface area contributed by atoms with Gasteiger partial charge in [0.05, 0.1) is 6.21 Å². The summed E-state index contributed by atoms with van der Waals surface area (Å²) in [5, 5.41) is 15.9. The molecule has 112 valence electrons. The van der Waals surface area contributed by atoms with Crippen LogP contribution in [0.3, 0.4) is 0 Å². The van der Waals surface area contributed by atoms with Crippen LogP contribution in [0.25, 0.3) is 0 Å². The van der Waals surface area contributed by atoms with Gasteiger partial charge in [0.15, 0.2) is 0 Å². The molecule has 0 spiro atoms. The fraction of sp³-hybridized carbons (Fsp3) is 0.400. The number of nitrogens with zero attached hydrogens (tertiary/aromatic N) is 1. The van der Waals surface area contributed by atoms with Gasteiger partial charge in [0.25, 0.3) is 0 Å². The lowest BCUT2D eigenvalue weighted by Crippen LogP contribution is -2.44. The Kier molecular flexibility index (Phi) is 5.31. The van der Waals surface area contributed by atoms with Gasteiger partial charge in [0.1, 0.15) is 5.75 Å². The number of carbonyl (C=O) groups excluding carboxylic acids is 2. The van der Waals surface area contributed by atoms with Gasteiger partial charge in [-0.05, 0) is 25.0 Å². The van der Waals surface area contributed by atoms with E-state index in [0.29, 0.717) is 5.56 Å². The molecular formula is C15H19N3O3. The Morgan fingerprint density at radius 2 is 1.86 bits per heavy atom. The van der Waals surface area contributed by atoms with Gasteiger partial charge < -0.3 is 10.4 Å². The maximum atomic E-state index is 11.7. The highest BCUT2D eigenvalue weighted by molar-refractivity contribution is 6.35. The minimum absolute atomic E-state index is 0.0576. The molecule has 0 aliphatic heterocycles. The number of carbonyl (C=O) groups is 2. The molecule has 0 radical (unpaired) electrons. The smallest absolute Gasteiger partial charge is 0.329 e. The van der Waals surface area contributed by atoms with Gasteiger partial charge in [-0.3, -0.25) is 9.59 Å². The summed E-state index contributed by atoms with van der Waals surface area (Å²) in [5.74, 6) is -1.41. The van der Waals surface area contributed by atoms with Crippen LogP contribution in [-0.2, 0) is 9.59 Å². The van der Waals surface area contributed by atoms with Gasteiger partial charge in [-0.15, -0.1) is 0 Å². The number of para-hydroxylation sites is 1. The molecule has 1 fully saturated rings. The number of hydrazone groups is 1. The zero-order valence-electron chi connectivity index (χ0n) is 11.7. The lowest BCUT2D eigenvalue weighted by molar-refractivity contribution is -0.139. The second-order valence-corrected chi connectivity index (χ2v) is 5.07. The molecule has 1 aromatic rings. The number of amides is 2. The maximum absolute atomic E-state index is 11.7. The van der Waals surface area contributed by atoms with E-state index in [0.717, 1.165) is 25.7 Å². The van der Waals surface area contributed by atoms with Crippen molar-refractivity contribution in [3.05, 3.63) is 29.8 Å². The van der Waals surface area contributed by atoms with Crippen LogP contribution in [0.4, 0.5) is 0 Å². The Labute approximate surface area is 123 Å². The minimum atomic E-state index is -0.799. The molecule has 0 heterocycles. The first kappa shape index (κ1) is 15.0. The normalized spacial score (nSPS) is 15.8. The first-order chi connectivity index (χ1) is 10.2. The summed E-state index contributed by atoms with van der Waals surface area (Å²) in [5.41, 5.74) is 2.62. The second-order valence-electron chi connectivity index (χ2n) is 5.07. The average molecular weight is 289 g/mol. The molecular weight excluding hydrogens is 270 g/mol. The highest BCUT2D eigenvalue weighted by atomic mass is 16.3. The van der Waals surface area contributed by atoms with Crippen molar-refractivity contribution in [1.82, 2.24) is 10.7 Å². The number of phenolic OH excluding ortho intramolecular Hbond substituents is 1. The molecule has 21 heavy (non-hydrogen) atoms. The average Bonchev–Trinajstić information content (AvgIpc) is 2.50. The van der Waals surface area contributed by atoms with E-state index in [4.69, 9.17) is 0 Å². The van der Waals surface area contributed by atoms with Crippen molar-refractivity contribution in [3.63, 3.8) is 0 Å². The van der Waals surface area contributed by atoms with Gasteiger partial charge in [0, 0.05) is 11.6 Å². The van der Waals surface area contributed by atoms with E-state index < -0.39 is 11.8 Å². The molecule has 0 unspecified atom stereocenters. The second kappa shape index (κ2) is 7.42. The SMILES string of the molecule is O=C(NN=Cc1ccccc1O)C(=O)NC1CCCCC1. The Morgan fingerprint density at radius 3 is 2.57 bits per heavy atom. The van der Waals surface area contributed by atoms with E-state index in [9.17, 15) is 14.7 Å². The number of hydrogen-bond acceptors (Lipinski definition) is 4. The third-order valence-corrected chi connectivity index (χ3v) is 3.45. The van der Waals surface area contributed by atoms with Gasteiger partial charge in [-0.1, -0.05) is 31.4 Å². The van der Waals surface area contributed by atoms with E-state index in [-0.39, 0.29) is 11.8 Å². The number of rotatable bonds is 3. The molecule has 1 aliphatic carbocycles. The fourth-order valence-electron chi connectivity index (χ4n) is 2.31. The lowest BCUT2D eigenvalue weighted by Gasteiger charge is -2.22. The Bertz CT molecular complexity index is 537. The van der Waals surface area contributed by atoms with Crippen molar-refractivity contribution in [2.24, 2.45) is 5.10 Å². The third kappa shape index (κ3) is 4.59. The van der Waals surface area contributed by atoms with Crippen molar-refractivity contribution in [2.75, 3.05) is 0 Å². The van der Waals surface area contributed by atoms with E-state index >= 15 is 0 Å². The van der Waals surface area contributed by atoms with E-state index in [2.05, 4.69) is 15.8 Å². The van der Waals surface area contributed by atoms with Crippen LogP contribution in [0.2, 0.25) is 0 Å². The van der Waals surface area contributed by atoms with E-state index in [1.807, 2.05) is 0 Å². The van der Waals surface area contributed by atoms with Crippen LogP contribution in [-0.4, -0.2) is 29.2 Å². The monoisotopic (exact) mass is 289 g/mol. The Hall–Kier alpha value is -2.37. The number of phenols is 1. The fourth-order valence-corrected chi connectivity index (χ4v) is 2.31. The van der Waals surface area contributed by atoms with Crippen molar-refractivity contribution in [1.29, 1.82) is 0 Å². The number of benzene rings is 1. The summed E-state index contributed by atoms with van der Waals surface area (Å²) in [7, 11) is 0. The number of nitrogens with one attached hydrogen (secondary N) is 2.